The summed E-state index contributed by atoms with van der Waals surface area (Å²) >= 11 is 3.25. The van der Waals surface area contributed by atoms with E-state index in [4.69, 9.17) is 0 Å². The highest BCUT2D eigenvalue weighted by molar-refractivity contribution is 9.10. The highest BCUT2D eigenvalue weighted by Gasteiger charge is 1.92. The summed E-state index contributed by atoms with van der Waals surface area (Å²) in [6.07, 6.45) is 4.97. The minimum absolute atomic E-state index is 0.428. The van der Waals surface area contributed by atoms with Gasteiger partial charge in [0.2, 0.25) is 6.08 Å². The van der Waals surface area contributed by atoms with Crippen molar-refractivity contribution in [3.63, 3.8) is 0 Å². The van der Waals surface area contributed by atoms with E-state index in [9.17, 15) is 4.79 Å². The zero-order chi connectivity index (χ0) is 8.10. The first-order valence-corrected chi connectivity index (χ1v) is 3.84. The van der Waals surface area contributed by atoms with Crippen LogP contribution >= 0.6 is 15.9 Å². The second kappa shape index (κ2) is 4.05. The largest absolute Gasteiger partial charge is 0.270 e. The van der Waals surface area contributed by atoms with Crippen LogP contribution < -0.4 is 0 Å². The molecule has 0 atom stereocenters. The summed E-state index contributed by atoms with van der Waals surface area (Å²) < 4.78 is 2.62. The summed E-state index contributed by atoms with van der Waals surface area (Å²) in [4.78, 5) is 13.1. The lowest BCUT2D eigenvalue weighted by Gasteiger charge is -1.93. The molecular formula is C6H6BrN3O. The van der Waals surface area contributed by atoms with Gasteiger partial charge in [-0.3, -0.25) is 4.68 Å². The molecule has 1 heterocycles. The number of hydrogen-bond acceptors (Lipinski definition) is 3. The van der Waals surface area contributed by atoms with Crippen molar-refractivity contribution in [2.45, 2.75) is 6.54 Å². The number of nitrogens with zero attached hydrogens (tertiary/aromatic N) is 3. The fourth-order valence-corrected chi connectivity index (χ4v) is 0.987. The number of aliphatic imine (C=N–C) groups is 1. The van der Waals surface area contributed by atoms with Gasteiger partial charge < -0.3 is 0 Å². The molecule has 0 saturated carbocycles. The van der Waals surface area contributed by atoms with E-state index in [0.717, 1.165) is 4.47 Å². The monoisotopic (exact) mass is 215 g/mol. The number of rotatable bonds is 3. The molecule has 0 aliphatic carbocycles. The second-order valence-electron chi connectivity index (χ2n) is 1.89. The molecule has 0 bridgehead atoms. The zero-order valence-corrected chi connectivity index (χ0v) is 7.28. The van der Waals surface area contributed by atoms with Crippen LogP contribution in [0.4, 0.5) is 0 Å². The topological polar surface area (TPSA) is 47.2 Å². The average molecular weight is 216 g/mol. The zero-order valence-electron chi connectivity index (χ0n) is 5.70. The van der Waals surface area contributed by atoms with Crippen LogP contribution in [0.1, 0.15) is 0 Å². The molecule has 0 aliphatic rings. The highest BCUT2D eigenvalue weighted by Crippen LogP contribution is 2.05. The smallest absolute Gasteiger partial charge is 0.235 e. The highest BCUT2D eigenvalue weighted by atomic mass is 79.9. The van der Waals surface area contributed by atoms with Crippen molar-refractivity contribution >= 4 is 22.0 Å². The third kappa shape index (κ3) is 2.65. The molecule has 0 radical (unpaired) electrons. The quantitative estimate of drug-likeness (QED) is 0.558. The molecule has 1 aromatic rings. The fourth-order valence-electron chi connectivity index (χ4n) is 0.659. The van der Waals surface area contributed by atoms with Crippen LogP contribution in [-0.4, -0.2) is 22.4 Å². The van der Waals surface area contributed by atoms with Gasteiger partial charge in [0.15, 0.2) is 0 Å². The van der Waals surface area contributed by atoms with Gasteiger partial charge in [0.1, 0.15) is 0 Å². The van der Waals surface area contributed by atoms with Crippen LogP contribution in [0.25, 0.3) is 0 Å². The van der Waals surface area contributed by atoms with Crippen molar-refractivity contribution in [2.24, 2.45) is 4.99 Å². The van der Waals surface area contributed by atoms with E-state index in [1.165, 1.54) is 6.08 Å². The maximum atomic E-state index is 9.67. The minimum atomic E-state index is 0.428. The van der Waals surface area contributed by atoms with E-state index < -0.39 is 0 Å². The number of isocyanates is 1. The van der Waals surface area contributed by atoms with Crippen LogP contribution in [0.2, 0.25) is 0 Å². The van der Waals surface area contributed by atoms with E-state index in [0.29, 0.717) is 13.1 Å². The molecule has 0 fully saturated rings. The molecule has 0 N–H and O–H groups in total. The number of carbonyl (C=O) groups excluding carboxylic acids is 1. The molecule has 1 rings (SSSR count). The van der Waals surface area contributed by atoms with Crippen LogP contribution in [0.5, 0.6) is 0 Å². The standard InChI is InChI=1S/C6H6BrN3O/c7-6-3-9-10(4-6)2-1-8-5-11/h3-4H,1-2H2. The third-order valence-corrected chi connectivity index (χ3v) is 1.52. The predicted molar refractivity (Wildman–Crippen MR) is 42.9 cm³/mol. The van der Waals surface area contributed by atoms with Crippen LogP contribution in [0.3, 0.4) is 0 Å². The molecule has 5 heteroatoms. The van der Waals surface area contributed by atoms with Crippen molar-refractivity contribution < 1.29 is 4.79 Å². The first kappa shape index (κ1) is 8.17. The van der Waals surface area contributed by atoms with Crippen molar-refractivity contribution in [1.82, 2.24) is 9.78 Å². The number of halogens is 1. The van der Waals surface area contributed by atoms with E-state index in [1.54, 1.807) is 10.9 Å². The summed E-state index contributed by atoms with van der Waals surface area (Å²) in [6.45, 7) is 1.04. The predicted octanol–water partition coefficient (Wildman–Crippen LogP) is 0.981. The summed E-state index contributed by atoms with van der Waals surface area (Å²) in [5.41, 5.74) is 0. The van der Waals surface area contributed by atoms with Gasteiger partial charge in [-0.1, -0.05) is 0 Å². The maximum absolute atomic E-state index is 9.67. The first-order chi connectivity index (χ1) is 5.33. The fraction of sp³-hybridized carbons (Fsp3) is 0.333. The maximum Gasteiger partial charge on any atom is 0.235 e. The van der Waals surface area contributed by atoms with Gasteiger partial charge >= 0.3 is 0 Å². The molecule has 11 heavy (non-hydrogen) atoms. The van der Waals surface area contributed by atoms with E-state index in [-0.39, 0.29) is 0 Å². The molecular weight excluding hydrogens is 210 g/mol. The van der Waals surface area contributed by atoms with E-state index >= 15 is 0 Å². The van der Waals surface area contributed by atoms with Gasteiger partial charge in [-0.15, -0.1) is 0 Å². The molecule has 4 nitrogen and oxygen atoms in total. The second-order valence-corrected chi connectivity index (χ2v) is 2.81. The molecule has 58 valence electrons. The Morgan fingerprint density at radius 3 is 3.18 bits per heavy atom. The molecule has 0 spiro atoms. The van der Waals surface area contributed by atoms with Crippen LogP contribution in [0.15, 0.2) is 21.9 Å². The van der Waals surface area contributed by atoms with Crippen molar-refractivity contribution in [1.29, 1.82) is 0 Å². The lowest BCUT2D eigenvalue weighted by atomic mass is 10.6. The molecule has 0 saturated heterocycles. The van der Waals surface area contributed by atoms with Crippen molar-refractivity contribution in [2.75, 3.05) is 6.54 Å². The van der Waals surface area contributed by atoms with Gasteiger partial charge in [-0.2, -0.15) is 5.10 Å². The Morgan fingerprint density at radius 2 is 2.64 bits per heavy atom. The third-order valence-electron chi connectivity index (χ3n) is 1.11. The van der Waals surface area contributed by atoms with Gasteiger partial charge in [0.25, 0.3) is 0 Å². The van der Waals surface area contributed by atoms with Crippen molar-refractivity contribution in [3.05, 3.63) is 16.9 Å². The van der Waals surface area contributed by atoms with Gasteiger partial charge in [0, 0.05) is 6.20 Å². The minimum Gasteiger partial charge on any atom is -0.270 e. The van der Waals surface area contributed by atoms with Crippen LogP contribution in [0, 0.1) is 0 Å². The molecule has 0 unspecified atom stereocenters. The summed E-state index contributed by atoms with van der Waals surface area (Å²) in [6, 6.07) is 0. The summed E-state index contributed by atoms with van der Waals surface area (Å²) in [7, 11) is 0. The van der Waals surface area contributed by atoms with Gasteiger partial charge in [-0.05, 0) is 15.9 Å². The molecule has 0 aliphatic heterocycles. The number of hydrogen-bond donors (Lipinski definition) is 0. The Hall–Kier alpha value is -0.930. The van der Waals surface area contributed by atoms with Crippen LogP contribution in [-0.2, 0) is 11.3 Å². The Kier molecular flexibility index (Phi) is 3.01. The average Bonchev–Trinajstić information content (AvgIpc) is 2.37. The van der Waals surface area contributed by atoms with E-state index in [1.807, 2.05) is 6.20 Å². The Balaban J connectivity index is 2.44. The number of aromatic nitrogens is 2. The lowest BCUT2D eigenvalue weighted by molar-refractivity contribution is 0.558. The van der Waals surface area contributed by atoms with Gasteiger partial charge in [0.05, 0.1) is 23.8 Å². The Bertz CT molecular complexity index is 277. The van der Waals surface area contributed by atoms with E-state index in [2.05, 4.69) is 26.0 Å². The first-order valence-electron chi connectivity index (χ1n) is 3.04. The molecule has 0 aromatic carbocycles. The molecule has 0 amide bonds. The van der Waals surface area contributed by atoms with Crippen molar-refractivity contribution in [3.8, 4) is 0 Å². The lowest BCUT2D eigenvalue weighted by Crippen LogP contribution is -2.00. The Morgan fingerprint density at radius 1 is 1.82 bits per heavy atom. The normalized spacial score (nSPS) is 9.18. The molecule has 1 aromatic heterocycles. The Labute approximate surface area is 72.1 Å². The van der Waals surface area contributed by atoms with Gasteiger partial charge in [-0.25, -0.2) is 9.79 Å². The SMILES string of the molecule is O=C=NCCn1cc(Br)cn1. The summed E-state index contributed by atoms with van der Waals surface area (Å²) in [5, 5.41) is 3.97. The summed E-state index contributed by atoms with van der Waals surface area (Å²) in [5.74, 6) is 0.